The maximum Gasteiger partial charge on any atom is 0.308 e. The first-order valence-electron chi connectivity index (χ1n) is 9.86. The molecule has 0 saturated heterocycles. The molecule has 0 spiro atoms. The molecule has 0 aliphatic heterocycles. The number of carbonyl (C=O) groups is 3. The van der Waals surface area contributed by atoms with Crippen LogP contribution >= 0.6 is 0 Å². The van der Waals surface area contributed by atoms with Crippen LogP contribution in [-0.2, 0) is 31.0 Å². The first kappa shape index (κ1) is 20.6. The Balaban J connectivity index is 1.28. The van der Waals surface area contributed by atoms with Gasteiger partial charge in [0.15, 0.2) is 6.61 Å². The van der Waals surface area contributed by atoms with Crippen molar-refractivity contribution < 1.29 is 19.1 Å². The van der Waals surface area contributed by atoms with E-state index in [2.05, 4.69) is 22.8 Å². The molecular formula is C23H26N2O4. The van der Waals surface area contributed by atoms with Gasteiger partial charge in [0.25, 0.3) is 5.91 Å². The van der Waals surface area contributed by atoms with Crippen LogP contribution in [0.5, 0.6) is 0 Å². The van der Waals surface area contributed by atoms with Gasteiger partial charge in [-0.3, -0.25) is 14.4 Å². The quantitative estimate of drug-likeness (QED) is 0.605. The molecule has 29 heavy (non-hydrogen) atoms. The van der Waals surface area contributed by atoms with E-state index >= 15 is 0 Å². The molecule has 0 radical (unpaired) electrons. The van der Waals surface area contributed by atoms with Gasteiger partial charge in [-0.05, 0) is 24.0 Å². The zero-order valence-corrected chi connectivity index (χ0v) is 16.4. The van der Waals surface area contributed by atoms with E-state index in [0.717, 1.165) is 18.4 Å². The minimum absolute atomic E-state index is 0.0178. The van der Waals surface area contributed by atoms with Crippen LogP contribution in [-0.4, -0.2) is 37.5 Å². The molecule has 1 aliphatic rings. The van der Waals surface area contributed by atoms with E-state index in [9.17, 15) is 14.4 Å². The van der Waals surface area contributed by atoms with Crippen LogP contribution in [0.1, 0.15) is 30.4 Å². The van der Waals surface area contributed by atoms with Crippen LogP contribution in [0, 0.1) is 0 Å². The summed E-state index contributed by atoms with van der Waals surface area (Å²) in [6.07, 6.45) is 2.38. The molecule has 1 aliphatic carbocycles. The van der Waals surface area contributed by atoms with E-state index in [4.69, 9.17) is 4.74 Å². The summed E-state index contributed by atoms with van der Waals surface area (Å²) in [5.41, 5.74) is 2.15. The number of hydrogen-bond acceptors (Lipinski definition) is 4. The number of nitrogens with one attached hydrogen (secondary N) is 2. The molecule has 2 N–H and O–H groups in total. The molecule has 2 amide bonds. The van der Waals surface area contributed by atoms with Crippen LogP contribution in [0.4, 0.5) is 0 Å². The molecule has 1 fully saturated rings. The molecule has 0 heterocycles. The molecule has 1 saturated carbocycles. The Kier molecular flexibility index (Phi) is 7.00. The van der Waals surface area contributed by atoms with Crippen molar-refractivity contribution in [2.75, 3.05) is 19.7 Å². The largest absolute Gasteiger partial charge is 0.456 e. The van der Waals surface area contributed by atoms with Crippen LogP contribution in [0.2, 0.25) is 0 Å². The highest BCUT2D eigenvalue weighted by molar-refractivity contribution is 5.81. The maximum absolute atomic E-state index is 12.0. The summed E-state index contributed by atoms with van der Waals surface area (Å²) >= 11 is 0. The molecule has 2 aromatic carbocycles. The summed E-state index contributed by atoms with van der Waals surface area (Å²) in [7, 11) is 0. The van der Waals surface area contributed by atoms with Crippen molar-refractivity contribution in [2.24, 2.45) is 0 Å². The summed E-state index contributed by atoms with van der Waals surface area (Å²) in [6.45, 7) is 0.424. The van der Waals surface area contributed by atoms with Gasteiger partial charge in [-0.2, -0.15) is 0 Å². The zero-order valence-electron chi connectivity index (χ0n) is 16.4. The van der Waals surface area contributed by atoms with Gasteiger partial charge < -0.3 is 15.4 Å². The van der Waals surface area contributed by atoms with Crippen molar-refractivity contribution in [1.82, 2.24) is 10.6 Å². The van der Waals surface area contributed by atoms with E-state index in [-0.39, 0.29) is 43.2 Å². The van der Waals surface area contributed by atoms with Crippen molar-refractivity contribution in [1.29, 1.82) is 0 Å². The summed E-state index contributed by atoms with van der Waals surface area (Å²) < 4.78 is 4.99. The topological polar surface area (TPSA) is 84.5 Å². The smallest absolute Gasteiger partial charge is 0.308 e. The Bertz CT molecular complexity index is 832. The minimum Gasteiger partial charge on any atom is -0.456 e. The van der Waals surface area contributed by atoms with E-state index < -0.39 is 5.97 Å². The summed E-state index contributed by atoms with van der Waals surface area (Å²) in [5, 5.41) is 5.54. The number of carbonyl (C=O) groups excluding carboxylic acids is 3. The molecule has 0 unspecified atom stereocenters. The first-order valence-corrected chi connectivity index (χ1v) is 9.86. The number of amides is 2. The van der Waals surface area contributed by atoms with Gasteiger partial charge in [-0.1, -0.05) is 60.7 Å². The fourth-order valence-corrected chi connectivity index (χ4v) is 3.19. The van der Waals surface area contributed by atoms with Crippen LogP contribution in [0.3, 0.4) is 0 Å². The number of hydrogen-bond donors (Lipinski definition) is 2. The lowest BCUT2D eigenvalue weighted by atomic mass is 9.96. The van der Waals surface area contributed by atoms with Gasteiger partial charge in [0, 0.05) is 18.5 Å². The normalized spacial score (nSPS) is 13.9. The van der Waals surface area contributed by atoms with Gasteiger partial charge in [0.05, 0.1) is 12.8 Å². The van der Waals surface area contributed by atoms with Crippen molar-refractivity contribution in [2.45, 2.75) is 31.1 Å². The fourth-order valence-electron chi connectivity index (χ4n) is 3.19. The number of benzene rings is 2. The van der Waals surface area contributed by atoms with Gasteiger partial charge in [0.2, 0.25) is 5.91 Å². The second-order valence-corrected chi connectivity index (χ2v) is 7.35. The van der Waals surface area contributed by atoms with Crippen molar-refractivity contribution >= 4 is 17.8 Å². The van der Waals surface area contributed by atoms with Gasteiger partial charge >= 0.3 is 5.97 Å². The zero-order chi connectivity index (χ0) is 20.5. The summed E-state index contributed by atoms with van der Waals surface area (Å²) in [5.74, 6) is -0.976. The van der Waals surface area contributed by atoms with Gasteiger partial charge in [-0.25, -0.2) is 0 Å². The predicted molar refractivity (Wildman–Crippen MR) is 109 cm³/mol. The Morgan fingerprint density at radius 2 is 1.52 bits per heavy atom. The average Bonchev–Trinajstić information content (AvgIpc) is 3.53. The highest BCUT2D eigenvalue weighted by Crippen LogP contribution is 2.47. The third-order valence-corrected chi connectivity index (χ3v) is 5.09. The molecule has 6 heteroatoms. The van der Waals surface area contributed by atoms with Crippen LogP contribution in [0.25, 0.3) is 0 Å². The SMILES string of the molecule is O=C(COC(=O)CCNC(=O)Cc1ccccc1)NCC1(c2ccccc2)CC1. The second kappa shape index (κ2) is 9.87. The highest BCUT2D eigenvalue weighted by Gasteiger charge is 2.44. The van der Waals surface area contributed by atoms with E-state index in [1.54, 1.807) is 0 Å². The van der Waals surface area contributed by atoms with E-state index in [1.807, 2.05) is 48.5 Å². The lowest BCUT2D eigenvalue weighted by Crippen LogP contribution is -2.35. The van der Waals surface area contributed by atoms with Crippen LogP contribution in [0.15, 0.2) is 60.7 Å². The Hall–Kier alpha value is -3.15. The van der Waals surface area contributed by atoms with Gasteiger partial charge in [-0.15, -0.1) is 0 Å². The van der Waals surface area contributed by atoms with Crippen molar-refractivity contribution in [3.05, 3.63) is 71.8 Å². The second-order valence-electron chi connectivity index (χ2n) is 7.35. The third-order valence-electron chi connectivity index (χ3n) is 5.09. The van der Waals surface area contributed by atoms with E-state index in [1.165, 1.54) is 5.56 Å². The standard InChI is InChI=1S/C23H26N2O4/c26-20(15-18-7-3-1-4-8-18)24-14-11-22(28)29-16-21(27)25-17-23(12-13-23)19-9-5-2-6-10-19/h1-10H,11-17H2,(H,24,26)(H,25,27). The molecular weight excluding hydrogens is 368 g/mol. The lowest BCUT2D eigenvalue weighted by Gasteiger charge is -2.16. The monoisotopic (exact) mass is 394 g/mol. The Morgan fingerprint density at radius 3 is 2.17 bits per heavy atom. The van der Waals surface area contributed by atoms with Crippen LogP contribution < -0.4 is 10.6 Å². The number of esters is 1. The Labute approximate surface area is 170 Å². The summed E-state index contributed by atoms with van der Waals surface area (Å²) in [4.78, 5) is 35.6. The molecule has 0 aromatic heterocycles. The molecule has 2 aromatic rings. The van der Waals surface area contributed by atoms with Gasteiger partial charge in [0.1, 0.15) is 0 Å². The lowest BCUT2D eigenvalue weighted by molar-refractivity contribution is -0.148. The molecule has 3 rings (SSSR count). The fraction of sp³-hybridized carbons (Fsp3) is 0.348. The third kappa shape index (κ3) is 6.45. The van der Waals surface area contributed by atoms with E-state index in [0.29, 0.717) is 6.54 Å². The molecule has 0 bridgehead atoms. The molecule has 152 valence electrons. The minimum atomic E-state index is -0.510. The number of rotatable bonds is 10. The highest BCUT2D eigenvalue weighted by atomic mass is 16.5. The summed E-state index contributed by atoms with van der Waals surface area (Å²) in [6, 6.07) is 19.5. The maximum atomic E-state index is 12.0. The molecule has 0 atom stereocenters. The molecule has 6 nitrogen and oxygen atoms in total. The first-order chi connectivity index (χ1) is 14.1. The van der Waals surface area contributed by atoms with Crippen molar-refractivity contribution in [3.8, 4) is 0 Å². The predicted octanol–water partition coefficient (Wildman–Crippen LogP) is 2.13. The average molecular weight is 394 g/mol. The number of ether oxygens (including phenoxy) is 1. The van der Waals surface area contributed by atoms with Crippen molar-refractivity contribution in [3.63, 3.8) is 0 Å². The Morgan fingerprint density at radius 1 is 0.862 bits per heavy atom.